The van der Waals surface area contributed by atoms with Crippen molar-refractivity contribution in [1.29, 1.82) is 5.26 Å². The van der Waals surface area contributed by atoms with Gasteiger partial charge in [-0.2, -0.15) is 10.4 Å². The molecule has 0 fully saturated rings. The number of halogens is 1. The highest BCUT2D eigenvalue weighted by Gasteiger charge is 2.10. The normalized spacial score (nSPS) is 10.6. The fourth-order valence-electron chi connectivity index (χ4n) is 2.06. The molecule has 0 aliphatic rings. The van der Waals surface area contributed by atoms with Crippen LogP contribution in [-0.2, 0) is 0 Å². The minimum Gasteiger partial charge on any atom is -0.261 e. The highest BCUT2D eigenvalue weighted by molar-refractivity contribution is 14.1. The van der Waals surface area contributed by atoms with Crippen LogP contribution >= 0.6 is 22.6 Å². The molecule has 2 heterocycles. The summed E-state index contributed by atoms with van der Waals surface area (Å²) in [5.74, 6) is 0. The first kappa shape index (κ1) is 12.1. The molecule has 0 unspecified atom stereocenters. The third-order valence-electron chi connectivity index (χ3n) is 3.10. The predicted molar refractivity (Wildman–Crippen MR) is 81.5 cm³/mol. The summed E-state index contributed by atoms with van der Waals surface area (Å²) in [5.41, 5.74) is 4.24. The first-order valence-electron chi connectivity index (χ1n) is 5.70. The number of rotatable bonds is 1. The fraction of sp³-hybridized carbons (Fsp3) is 0.0714. The number of nitriles is 1. The SMILES string of the molecule is Cc1c(C#N)cccc1-c1cc(I)c2cn[nH]c2n1. The van der Waals surface area contributed by atoms with Gasteiger partial charge >= 0.3 is 0 Å². The van der Waals surface area contributed by atoms with E-state index in [0.29, 0.717) is 5.56 Å². The number of H-pyrrole nitrogens is 1. The van der Waals surface area contributed by atoms with Gasteiger partial charge in [0.25, 0.3) is 0 Å². The van der Waals surface area contributed by atoms with E-state index in [9.17, 15) is 0 Å². The summed E-state index contributed by atoms with van der Waals surface area (Å²) in [5, 5.41) is 17.0. The van der Waals surface area contributed by atoms with Gasteiger partial charge in [-0.1, -0.05) is 12.1 Å². The van der Waals surface area contributed by atoms with E-state index < -0.39 is 0 Å². The third kappa shape index (κ3) is 1.98. The van der Waals surface area contributed by atoms with Gasteiger partial charge in [0.2, 0.25) is 0 Å². The minimum atomic E-state index is 0.680. The maximum absolute atomic E-state index is 9.10. The summed E-state index contributed by atoms with van der Waals surface area (Å²) in [4.78, 5) is 4.57. The van der Waals surface area contributed by atoms with Gasteiger partial charge in [-0.3, -0.25) is 5.10 Å². The number of nitrogens with one attached hydrogen (secondary N) is 1. The number of hydrogen-bond acceptors (Lipinski definition) is 3. The van der Waals surface area contributed by atoms with E-state index >= 15 is 0 Å². The molecule has 0 aliphatic heterocycles. The zero-order chi connectivity index (χ0) is 13.4. The Morgan fingerprint density at radius 1 is 1.37 bits per heavy atom. The first-order chi connectivity index (χ1) is 9.20. The summed E-state index contributed by atoms with van der Waals surface area (Å²) in [6.07, 6.45) is 1.77. The molecule has 0 saturated carbocycles. The average molecular weight is 360 g/mol. The van der Waals surface area contributed by atoms with E-state index in [0.717, 1.165) is 31.4 Å². The lowest BCUT2D eigenvalue weighted by Crippen LogP contribution is -1.92. The second-order valence-corrected chi connectivity index (χ2v) is 5.37. The van der Waals surface area contributed by atoms with Crippen molar-refractivity contribution in [2.75, 3.05) is 0 Å². The molecule has 0 spiro atoms. The van der Waals surface area contributed by atoms with E-state index in [1.807, 2.05) is 31.2 Å². The van der Waals surface area contributed by atoms with E-state index in [2.05, 4.69) is 43.8 Å². The molecule has 1 N–H and O–H groups in total. The van der Waals surface area contributed by atoms with E-state index in [4.69, 9.17) is 5.26 Å². The van der Waals surface area contributed by atoms with Gasteiger partial charge < -0.3 is 0 Å². The zero-order valence-corrected chi connectivity index (χ0v) is 12.3. The molecule has 2 aromatic heterocycles. The van der Waals surface area contributed by atoms with Crippen molar-refractivity contribution in [1.82, 2.24) is 15.2 Å². The number of pyridine rings is 1. The molecule has 5 heteroatoms. The molecule has 4 nitrogen and oxygen atoms in total. The molecule has 92 valence electrons. The van der Waals surface area contributed by atoms with Gasteiger partial charge in [0.05, 0.1) is 28.9 Å². The Morgan fingerprint density at radius 2 is 2.21 bits per heavy atom. The predicted octanol–water partition coefficient (Wildman–Crippen LogP) is 3.41. The van der Waals surface area contributed by atoms with Crippen molar-refractivity contribution < 1.29 is 0 Å². The maximum Gasteiger partial charge on any atom is 0.156 e. The average Bonchev–Trinajstić information content (AvgIpc) is 2.88. The van der Waals surface area contributed by atoms with E-state index in [1.165, 1.54) is 0 Å². The van der Waals surface area contributed by atoms with Crippen molar-refractivity contribution in [2.45, 2.75) is 6.92 Å². The summed E-state index contributed by atoms with van der Waals surface area (Å²) in [7, 11) is 0. The summed E-state index contributed by atoms with van der Waals surface area (Å²) in [6, 6.07) is 9.90. The Kier molecular flexibility index (Phi) is 2.95. The topological polar surface area (TPSA) is 65.4 Å². The number of hydrogen-bond donors (Lipinski definition) is 1. The molecular weight excluding hydrogens is 351 g/mol. The quantitative estimate of drug-likeness (QED) is 0.677. The molecule has 0 radical (unpaired) electrons. The van der Waals surface area contributed by atoms with Crippen LogP contribution in [0, 0.1) is 21.8 Å². The number of benzene rings is 1. The number of aromatic amines is 1. The fourth-order valence-corrected chi connectivity index (χ4v) is 2.75. The van der Waals surface area contributed by atoms with Crippen molar-refractivity contribution >= 4 is 33.6 Å². The van der Waals surface area contributed by atoms with Gasteiger partial charge in [-0.15, -0.1) is 0 Å². The van der Waals surface area contributed by atoms with Gasteiger partial charge in [0.1, 0.15) is 0 Å². The maximum atomic E-state index is 9.10. The smallest absolute Gasteiger partial charge is 0.156 e. The van der Waals surface area contributed by atoms with Crippen LogP contribution in [0.15, 0.2) is 30.5 Å². The van der Waals surface area contributed by atoms with Crippen LogP contribution in [0.3, 0.4) is 0 Å². The number of fused-ring (bicyclic) bond motifs is 1. The van der Waals surface area contributed by atoms with Crippen LogP contribution < -0.4 is 0 Å². The van der Waals surface area contributed by atoms with E-state index in [-0.39, 0.29) is 0 Å². The number of aromatic nitrogens is 3. The summed E-state index contributed by atoms with van der Waals surface area (Å²) < 4.78 is 1.09. The largest absolute Gasteiger partial charge is 0.261 e. The van der Waals surface area contributed by atoms with Crippen molar-refractivity contribution in [3.05, 3.63) is 45.2 Å². The van der Waals surface area contributed by atoms with Crippen molar-refractivity contribution in [3.63, 3.8) is 0 Å². The Bertz CT molecular complexity index is 814. The lowest BCUT2D eigenvalue weighted by atomic mass is 10.0. The summed E-state index contributed by atoms with van der Waals surface area (Å²) >= 11 is 2.27. The number of nitrogens with zero attached hydrogens (tertiary/aromatic N) is 3. The monoisotopic (exact) mass is 360 g/mol. The van der Waals surface area contributed by atoms with Gasteiger partial charge in [-0.25, -0.2) is 4.98 Å². The Labute approximate surface area is 123 Å². The zero-order valence-electron chi connectivity index (χ0n) is 10.1. The molecule has 0 atom stereocenters. The molecule has 1 aromatic carbocycles. The first-order valence-corrected chi connectivity index (χ1v) is 6.78. The van der Waals surface area contributed by atoms with Gasteiger partial charge in [0, 0.05) is 9.13 Å². The highest BCUT2D eigenvalue weighted by atomic mass is 127. The van der Waals surface area contributed by atoms with Crippen LogP contribution in [0.5, 0.6) is 0 Å². The van der Waals surface area contributed by atoms with Crippen molar-refractivity contribution in [3.8, 4) is 17.3 Å². The molecule has 19 heavy (non-hydrogen) atoms. The van der Waals surface area contributed by atoms with Crippen LogP contribution in [0.2, 0.25) is 0 Å². The highest BCUT2D eigenvalue weighted by Crippen LogP contribution is 2.28. The van der Waals surface area contributed by atoms with Crippen molar-refractivity contribution in [2.24, 2.45) is 0 Å². The second-order valence-electron chi connectivity index (χ2n) is 4.21. The molecule has 3 rings (SSSR count). The van der Waals surface area contributed by atoms with Crippen LogP contribution in [0.25, 0.3) is 22.3 Å². The van der Waals surface area contributed by atoms with Gasteiger partial charge in [0.15, 0.2) is 5.65 Å². The molecular formula is C14H9IN4. The molecule has 0 amide bonds. The third-order valence-corrected chi connectivity index (χ3v) is 3.99. The van der Waals surface area contributed by atoms with Gasteiger partial charge in [-0.05, 0) is 47.2 Å². The van der Waals surface area contributed by atoms with Crippen LogP contribution in [0.1, 0.15) is 11.1 Å². The Morgan fingerprint density at radius 3 is 3.00 bits per heavy atom. The lowest BCUT2D eigenvalue weighted by molar-refractivity contribution is 1.10. The van der Waals surface area contributed by atoms with Crippen LogP contribution in [0.4, 0.5) is 0 Å². The summed E-state index contributed by atoms with van der Waals surface area (Å²) in [6.45, 7) is 1.94. The lowest BCUT2D eigenvalue weighted by Gasteiger charge is -2.07. The Hall–Kier alpha value is -1.94. The minimum absolute atomic E-state index is 0.680. The van der Waals surface area contributed by atoms with Crippen LogP contribution in [-0.4, -0.2) is 15.2 Å². The molecule has 0 saturated heterocycles. The molecule has 3 aromatic rings. The second kappa shape index (κ2) is 4.63. The molecule has 0 aliphatic carbocycles. The molecule has 0 bridgehead atoms. The Balaban J connectivity index is 2.28. The van der Waals surface area contributed by atoms with E-state index in [1.54, 1.807) is 6.20 Å². The standard InChI is InChI=1S/C14H9IN4/c1-8-9(6-16)3-2-4-10(8)13-5-12(15)11-7-17-19-14(11)18-13/h2-5,7H,1H3,(H,17,18,19).